The van der Waals surface area contributed by atoms with E-state index in [1.54, 1.807) is 6.92 Å². The van der Waals surface area contributed by atoms with E-state index < -0.39 is 0 Å². The molecule has 14 heavy (non-hydrogen) atoms. The quantitative estimate of drug-likeness (QED) is 0.734. The Balaban J connectivity index is 1.75. The van der Waals surface area contributed by atoms with Crippen LogP contribution in [0.15, 0.2) is 0 Å². The number of rotatable bonds is 2. The molecule has 0 spiro atoms. The minimum Gasteiger partial charge on any atom is -0.341 e. The minimum absolute atomic E-state index is 0.218. The van der Waals surface area contributed by atoms with Gasteiger partial charge in [-0.15, -0.1) is 0 Å². The lowest BCUT2D eigenvalue weighted by Crippen LogP contribution is -2.40. The van der Waals surface area contributed by atoms with Crippen molar-refractivity contribution in [2.45, 2.75) is 31.8 Å². The molecular formula is C10H18N2OS. The Morgan fingerprint density at radius 2 is 2.29 bits per heavy atom. The fourth-order valence-electron chi connectivity index (χ4n) is 2.18. The van der Waals surface area contributed by atoms with Crippen LogP contribution in [0.2, 0.25) is 0 Å². The lowest BCUT2D eigenvalue weighted by Gasteiger charge is -2.18. The van der Waals surface area contributed by atoms with Crippen LogP contribution in [0.3, 0.4) is 0 Å². The molecule has 2 rings (SSSR count). The second kappa shape index (κ2) is 4.53. The molecular weight excluding hydrogens is 196 g/mol. The number of thioether (sulfide) groups is 1. The number of nitrogens with zero attached hydrogens (tertiary/aromatic N) is 1. The highest BCUT2D eigenvalue weighted by Crippen LogP contribution is 2.19. The molecule has 0 bridgehead atoms. The Labute approximate surface area is 89.6 Å². The zero-order chi connectivity index (χ0) is 9.97. The Morgan fingerprint density at radius 1 is 1.43 bits per heavy atom. The van der Waals surface area contributed by atoms with Gasteiger partial charge in [0.05, 0.1) is 0 Å². The number of carbonyl (C=O) groups excluding carboxylic acids is 1. The van der Waals surface area contributed by atoms with E-state index in [4.69, 9.17) is 0 Å². The van der Waals surface area contributed by atoms with Crippen molar-refractivity contribution in [3.63, 3.8) is 0 Å². The number of likely N-dealkylation sites (tertiary alicyclic amines) is 1. The molecule has 0 aromatic rings. The highest BCUT2D eigenvalue weighted by Gasteiger charge is 2.26. The normalized spacial score (nSPS) is 32.5. The van der Waals surface area contributed by atoms with Crippen molar-refractivity contribution in [2.24, 2.45) is 0 Å². The van der Waals surface area contributed by atoms with Gasteiger partial charge in [0.25, 0.3) is 0 Å². The fourth-order valence-corrected chi connectivity index (χ4v) is 3.35. The summed E-state index contributed by atoms with van der Waals surface area (Å²) in [6, 6.07) is 1.24. The second-order valence-corrected chi connectivity index (χ2v) is 5.33. The Kier molecular flexibility index (Phi) is 3.34. The van der Waals surface area contributed by atoms with Gasteiger partial charge < -0.3 is 10.2 Å². The van der Waals surface area contributed by atoms with Gasteiger partial charge in [0.2, 0.25) is 5.91 Å². The van der Waals surface area contributed by atoms with Gasteiger partial charge in [-0.1, -0.05) is 0 Å². The fraction of sp³-hybridized carbons (Fsp3) is 0.900. The molecule has 0 aromatic heterocycles. The summed E-state index contributed by atoms with van der Waals surface area (Å²) >= 11 is 2.03. The highest BCUT2D eigenvalue weighted by molar-refractivity contribution is 7.99. The molecule has 4 heteroatoms. The molecule has 80 valence electrons. The molecule has 0 radical (unpaired) electrons. The van der Waals surface area contributed by atoms with Crippen molar-refractivity contribution in [1.82, 2.24) is 10.2 Å². The highest BCUT2D eigenvalue weighted by atomic mass is 32.2. The summed E-state index contributed by atoms with van der Waals surface area (Å²) in [5, 5.41) is 3.65. The maximum atomic E-state index is 11.1. The third kappa shape index (κ3) is 2.42. The van der Waals surface area contributed by atoms with Crippen molar-refractivity contribution >= 4 is 17.7 Å². The van der Waals surface area contributed by atoms with Gasteiger partial charge in [0.1, 0.15) is 0 Å². The van der Waals surface area contributed by atoms with Crippen LogP contribution in [-0.4, -0.2) is 47.5 Å². The van der Waals surface area contributed by atoms with E-state index in [1.165, 1.54) is 17.9 Å². The van der Waals surface area contributed by atoms with Crippen LogP contribution >= 0.6 is 11.8 Å². The Hall–Kier alpha value is -0.220. The lowest BCUT2D eigenvalue weighted by molar-refractivity contribution is -0.127. The van der Waals surface area contributed by atoms with E-state index in [0.29, 0.717) is 12.1 Å². The standard InChI is InChI=1S/C10H18N2OS/c1-8(13)12-4-2-9(6-12)11-10-3-5-14-7-10/h9-11H,2-7H2,1H3. The molecule has 2 heterocycles. The first kappa shape index (κ1) is 10.3. The number of nitrogens with one attached hydrogen (secondary N) is 1. The molecule has 3 nitrogen and oxygen atoms in total. The van der Waals surface area contributed by atoms with Crippen molar-refractivity contribution in [3.8, 4) is 0 Å². The zero-order valence-corrected chi connectivity index (χ0v) is 9.48. The van der Waals surface area contributed by atoms with Crippen LogP contribution in [0.25, 0.3) is 0 Å². The van der Waals surface area contributed by atoms with Crippen molar-refractivity contribution in [1.29, 1.82) is 0 Å². The van der Waals surface area contributed by atoms with Crippen molar-refractivity contribution in [3.05, 3.63) is 0 Å². The zero-order valence-electron chi connectivity index (χ0n) is 8.66. The third-order valence-electron chi connectivity index (χ3n) is 3.03. The van der Waals surface area contributed by atoms with Gasteiger partial charge >= 0.3 is 0 Å². The first-order chi connectivity index (χ1) is 6.75. The predicted molar refractivity (Wildman–Crippen MR) is 59.5 cm³/mol. The van der Waals surface area contributed by atoms with E-state index in [-0.39, 0.29) is 5.91 Å². The van der Waals surface area contributed by atoms with Gasteiger partial charge in [0, 0.05) is 37.8 Å². The summed E-state index contributed by atoms with van der Waals surface area (Å²) in [5.74, 6) is 2.76. The van der Waals surface area contributed by atoms with Crippen LogP contribution in [0.1, 0.15) is 19.8 Å². The molecule has 1 N–H and O–H groups in total. The number of hydrogen-bond acceptors (Lipinski definition) is 3. The van der Waals surface area contributed by atoms with E-state index in [1.807, 2.05) is 16.7 Å². The Bertz CT molecular complexity index is 216. The SMILES string of the molecule is CC(=O)N1CCC(NC2CCSC2)C1. The number of carbonyl (C=O) groups is 1. The summed E-state index contributed by atoms with van der Waals surface area (Å²) in [4.78, 5) is 13.1. The predicted octanol–water partition coefficient (Wildman–Crippen LogP) is 0.702. The molecule has 2 unspecified atom stereocenters. The molecule has 0 aromatic carbocycles. The number of amides is 1. The first-order valence-corrected chi connectivity index (χ1v) is 6.50. The van der Waals surface area contributed by atoms with Gasteiger partial charge in [-0.05, 0) is 18.6 Å². The summed E-state index contributed by atoms with van der Waals surface area (Å²) in [5.41, 5.74) is 0. The summed E-state index contributed by atoms with van der Waals surface area (Å²) < 4.78 is 0. The van der Waals surface area contributed by atoms with E-state index >= 15 is 0 Å². The molecule has 1 amide bonds. The van der Waals surface area contributed by atoms with Crippen LogP contribution in [-0.2, 0) is 4.79 Å². The van der Waals surface area contributed by atoms with Gasteiger partial charge in [0.15, 0.2) is 0 Å². The average molecular weight is 214 g/mol. The van der Waals surface area contributed by atoms with Gasteiger partial charge in [-0.3, -0.25) is 4.79 Å². The van der Waals surface area contributed by atoms with Gasteiger partial charge in [-0.25, -0.2) is 0 Å². The van der Waals surface area contributed by atoms with Gasteiger partial charge in [-0.2, -0.15) is 11.8 Å². The maximum absolute atomic E-state index is 11.1. The van der Waals surface area contributed by atoms with E-state index in [0.717, 1.165) is 19.5 Å². The molecule has 2 aliphatic heterocycles. The third-order valence-corrected chi connectivity index (χ3v) is 4.20. The summed E-state index contributed by atoms with van der Waals surface area (Å²) in [6.45, 7) is 3.51. The molecule has 2 aliphatic rings. The van der Waals surface area contributed by atoms with Crippen molar-refractivity contribution in [2.75, 3.05) is 24.6 Å². The van der Waals surface area contributed by atoms with E-state index in [2.05, 4.69) is 5.32 Å². The van der Waals surface area contributed by atoms with E-state index in [9.17, 15) is 4.79 Å². The first-order valence-electron chi connectivity index (χ1n) is 5.35. The Morgan fingerprint density at radius 3 is 2.86 bits per heavy atom. The minimum atomic E-state index is 0.218. The van der Waals surface area contributed by atoms with Crippen LogP contribution in [0.5, 0.6) is 0 Å². The molecule has 0 aliphatic carbocycles. The topological polar surface area (TPSA) is 32.3 Å². The smallest absolute Gasteiger partial charge is 0.219 e. The second-order valence-electron chi connectivity index (χ2n) is 4.18. The molecule has 0 saturated carbocycles. The molecule has 2 saturated heterocycles. The van der Waals surface area contributed by atoms with Crippen LogP contribution < -0.4 is 5.32 Å². The molecule has 2 atom stereocenters. The van der Waals surface area contributed by atoms with Crippen molar-refractivity contribution < 1.29 is 4.79 Å². The lowest BCUT2D eigenvalue weighted by atomic mass is 10.2. The average Bonchev–Trinajstić information content (AvgIpc) is 2.75. The summed E-state index contributed by atoms with van der Waals surface area (Å²) in [6.07, 6.45) is 2.42. The number of hydrogen-bond donors (Lipinski definition) is 1. The maximum Gasteiger partial charge on any atom is 0.219 e. The van der Waals surface area contributed by atoms with Crippen LogP contribution in [0, 0.1) is 0 Å². The molecule has 2 fully saturated rings. The monoisotopic (exact) mass is 214 g/mol. The van der Waals surface area contributed by atoms with Crippen LogP contribution in [0.4, 0.5) is 0 Å². The largest absolute Gasteiger partial charge is 0.341 e. The summed E-state index contributed by atoms with van der Waals surface area (Å²) in [7, 11) is 0.